The summed E-state index contributed by atoms with van der Waals surface area (Å²) in [7, 11) is 0. The molecule has 26 heavy (non-hydrogen) atoms. The zero-order valence-electron chi connectivity index (χ0n) is 14.0. The van der Waals surface area contributed by atoms with Crippen molar-refractivity contribution in [1.82, 2.24) is 20.0 Å². The Kier molecular flexibility index (Phi) is 4.36. The molecule has 0 aliphatic carbocycles. The number of hydrogen-bond donors (Lipinski definition) is 1. The van der Waals surface area contributed by atoms with E-state index in [-0.39, 0.29) is 25.6 Å². The highest BCUT2D eigenvalue weighted by Gasteiger charge is 2.44. The van der Waals surface area contributed by atoms with Crippen LogP contribution < -0.4 is 5.32 Å². The minimum Gasteiger partial charge on any atom is -0.365 e. The first kappa shape index (κ1) is 17.3. The summed E-state index contributed by atoms with van der Waals surface area (Å²) < 4.78 is 44.9. The number of nitrogens with zero attached hydrogens (tertiary/aromatic N) is 3. The van der Waals surface area contributed by atoms with Gasteiger partial charge in [0.15, 0.2) is 6.10 Å². The number of benzene rings is 1. The molecule has 0 spiro atoms. The Morgan fingerprint density at radius 1 is 1.31 bits per heavy atom. The van der Waals surface area contributed by atoms with Gasteiger partial charge in [0, 0.05) is 30.9 Å². The van der Waals surface area contributed by atoms with Crippen molar-refractivity contribution in [3.05, 3.63) is 30.0 Å². The van der Waals surface area contributed by atoms with Crippen molar-refractivity contribution in [3.63, 3.8) is 0 Å². The molecule has 2 aliphatic heterocycles. The molecule has 140 valence electrons. The summed E-state index contributed by atoms with van der Waals surface area (Å²) in [6.07, 6.45) is -6.40. The molecule has 2 saturated heterocycles. The van der Waals surface area contributed by atoms with Crippen LogP contribution in [0.2, 0.25) is 0 Å². The molecular formula is C17H19F3N4O2. The topological polar surface area (TPSA) is 59.4 Å². The number of fused-ring (bicyclic) bond motifs is 1. The number of amides is 1. The average Bonchev–Trinajstić information content (AvgIpc) is 2.91. The fourth-order valence-electron chi connectivity index (χ4n) is 3.36. The summed E-state index contributed by atoms with van der Waals surface area (Å²) in [4.78, 5) is 13.8. The number of nitrogens with one attached hydrogen (secondary N) is 1. The first-order valence-electron chi connectivity index (χ1n) is 8.56. The lowest BCUT2D eigenvalue weighted by Gasteiger charge is -2.33. The number of hydrogen-bond acceptors (Lipinski definition) is 4. The van der Waals surface area contributed by atoms with Crippen molar-refractivity contribution >= 4 is 16.8 Å². The van der Waals surface area contributed by atoms with E-state index >= 15 is 0 Å². The fraction of sp³-hybridized carbons (Fsp3) is 0.529. The summed E-state index contributed by atoms with van der Waals surface area (Å²) in [5, 5.41) is 8.78. The Morgan fingerprint density at radius 3 is 2.77 bits per heavy atom. The number of aromatic nitrogens is 2. The van der Waals surface area contributed by atoms with Gasteiger partial charge in [-0.1, -0.05) is 18.2 Å². The smallest absolute Gasteiger partial charge is 0.365 e. The van der Waals surface area contributed by atoms with Crippen molar-refractivity contribution in [3.8, 4) is 0 Å². The third-order valence-corrected chi connectivity index (χ3v) is 4.92. The second-order valence-electron chi connectivity index (χ2n) is 6.66. The van der Waals surface area contributed by atoms with Crippen LogP contribution in [0, 0.1) is 0 Å². The van der Waals surface area contributed by atoms with Crippen molar-refractivity contribution in [2.75, 3.05) is 32.8 Å². The molecule has 6 nitrogen and oxygen atoms in total. The third kappa shape index (κ3) is 3.16. The van der Waals surface area contributed by atoms with Gasteiger partial charge < -0.3 is 15.0 Å². The van der Waals surface area contributed by atoms with Crippen LogP contribution in [-0.4, -0.2) is 65.7 Å². The number of carbonyl (C=O) groups excluding carboxylic acids is 1. The lowest BCUT2D eigenvalue weighted by molar-refractivity contribution is -0.236. The molecule has 2 aliphatic rings. The van der Waals surface area contributed by atoms with Crippen molar-refractivity contribution in [2.45, 2.75) is 24.7 Å². The molecule has 1 amide bonds. The fourth-order valence-corrected chi connectivity index (χ4v) is 3.36. The van der Waals surface area contributed by atoms with E-state index in [1.54, 1.807) is 4.68 Å². The molecule has 2 fully saturated rings. The minimum absolute atomic E-state index is 0.0781. The van der Waals surface area contributed by atoms with Gasteiger partial charge in [-0.05, 0) is 6.07 Å². The highest BCUT2D eigenvalue weighted by atomic mass is 19.4. The molecule has 9 heteroatoms. The highest BCUT2D eigenvalue weighted by molar-refractivity contribution is 5.85. The van der Waals surface area contributed by atoms with E-state index in [9.17, 15) is 18.0 Å². The van der Waals surface area contributed by atoms with Crippen LogP contribution in [0.1, 0.15) is 11.6 Å². The standard InChI is InChI=1S/C17H19F3N4O2/c18-17(19,20)14-9-23(5-6-26-14)15(25)10-24-13-4-2-1-3-12(13)16(22-24)11-7-21-8-11/h1-4,11,14,21H,5-10H2/t14-/m1/s1. The molecule has 3 heterocycles. The lowest BCUT2D eigenvalue weighted by atomic mass is 9.97. The van der Waals surface area contributed by atoms with Gasteiger partial charge in [-0.3, -0.25) is 9.48 Å². The van der Waals surface area contributed by atoms with Crippen molar-refractivity contribution in [2.24, 2.45) is 0 Å². The van der Waals surface area contributed by atoms with Gasteiger partial charge in [-0.25, -0.2) is 0 Å². The minimum atomic E-state index is -4.47. The Bertz CT molecular complexity index is 816. The molecule has 0 saturated carbocycles. The lowest BCUT2D eigenvalue weighted by Crippen LogP contribution is -2.51. The van der Waals surface area contributed by atoms with E-state index in [0.717, 1.165) is 29.7 Å². The van der Waals surface area contributed by atoms with E-state index in [1.165, 1.54) is 4.90 Å². The Hall–Kier alpha value is -2.13. The van der Waals surface area contributed by atoms with Gasteiger partial charge in [0.25, 0.3) is 0 Å². The van der Waals surface area contributed by atoms with E-state index in [4.69, 9.17) is 4.74 Å². The second-order valence-corrected chi connectivity index (χ2v) is 6.66. The maximum Gasteiger partial charge on any atom is 0.416 e. The molecule has 1 aromatic carbocycles. The molecule has 1 aromatic heterocycles. The number of rotatable bonds is 3. The summed E-state index contributed by atoms with van der Waals surface area (Å²) in [5.41, 5.74) is 1.76. The zero-order chi connectivity index (χ0) is 18.3. The first-order chi connectivity index (χ1) is 12.4. The van der Waals surface area contributed by atoms with Gasteiger partial charge in [0.1, 0.15) is 6.54 Å². The predicted molar refractivity (Wildman–Crippen MR) is 87.7 cm³/mol. The SMILES string of the molecule is O=C(Cn1nc(C2CNC2)c2ccccc21)N1CCO[C@@H](C(F)(F)F)C1. The van der Waals surface area contributed by atoms with E-state index in [2.05, 4.69) is 10.4 Å². The molecule has 1 atom stereocenters. The van der Waals surface area contributed by atoms with E-state index in [0.29, 0.717) is 5.92 Å². The van der Waals surface area contributed by atoms with Gasteiger partial charge in [-0.2, -0.15) is 18.3 Å². The van der Waals surface area contributed by atoms with Crippen LogP contribution in [0.5, 0.6) is 0 Å². The number of halogens is 3. The molecule has 0 bridgehead atoms. The summed E-state index contributed by atoms with van der Waals surface area (Å²) in [6.45, 7) is 1.17. The van der Waals surface area contributed by atoms with Crippen LogP contribution in [0.4, 0.5) is 13.2 Å². The number of carbonyl (C=O) groups is 1. The van der Waals surface area contributed by atoms with Crippen LogP contribution >= 0.6 is 0 Å². The Labute approximate surface area is 147 Å². The van der Waals surface area contributed by atoms with E-state index in [1.807, 2.05) is 24.3 Å². The molecule has 0 unspecified atom stereocenters. The predicted octanol–water partition coefficient (Wildman–Crippen LogP) is 1.51. The Morgan fingerprint density at radius 2 is 2.08 bits per heavy atom. The molecular weight excluding hydrogens is 349 g/mol. The van der Waals surface area contributed by atoms with Crippen LogP contribution in [0.3, 0.4) is 0 Å². The third-order valence-electron chi connectivity index (χ3n) is 4.92. The van der Waals surface area contributed by atoms with Gasteiger partial charge in [-0.15, -0.1) is 0 Å². The summed E-state index contributed by atoms with van der Waals surface area (Å²) >= 11 is 0. The normalized spacial score (nSPS) is 21.8. The maximum atomic E-state index is 12.9. The van der Waals surface area contributed by atoms with Gasteiger partial charge in [0.05, 0.1) is 24.4 Å². The van der Waals surface area contributed by atoms with Crippen LogP contribution in [0.25, 0.3) is 10.9 Å². The molecule has 2 aromatic rings. The number of morpholine rings is 1. The summed E-state index contributed by atoms with van der Waals surface area (Å²) in [6, 6.07) is 7.62. The number of ether oxygens (including phenoxy) is 1. The maximum absolute atomic E-state index is 12.9. The number of para-hydroxylation sites is 1. The van der Waals surface area contributed by atoms with Crippen molar-refractivity contribution < 1.29 is 22.7 Å². The summed E-state index contributed by atoms with van der Waals surface area (Å²) in [5.74, 6) is -0.0802. The number of alkyl halides is 3. The highest BCUT2D eigenvalue weighted by Crippen LogP contribution is 2.28. The average molecular weight is 368 g/mol. The Balaban J connectivity index is 1.54. The largest absolute Gasteiger partial charge is 0.416 e. The van der Waals surface area contributed by atoms with Crippen LogP contribution in [0.15, 0.2) is 24.3 Å². The van der Waals surface area contributed by atoms with Crippen molar-refractivity contribution in [1.29, 1.82) is 0 Å². The first-order valence-corrected chi connectivity index (χ1v) is 8.56. The van der Waals surface area contributed by atoms with E-state index < -0.39 is 18.8 Å². The molecule has 1 N–H and O–H groups in total. The zero-order valence-corrected chi connectivity index (χ0v) is 14.0. The molecule has 0 radical (unpaired) electrons. The quantitative estimate of drug-likeness (QED) is 0.892. The second kappa shape index (κ2) is 6.55. The van der Waals surface area contributed by atoms with Gasteiger partial charge >= 0.3 is 6.18 Å². The molecule has 4 rings (SSSR count). The van der Waals surface area contributed by atoms with Crippen LogP contribution in [-0.2, 0) is 16.1 Å². The van der Waals surface area contributed by atoms with Gasteiger partial charge in [0.2, 0.25) is 5.91 Å². The monoisotopic (exact) mass is 368 g/mol.